The third-order valence-corrected chi connectivity index (χ3v) is 6.83. The zero-order chi connectivity index (χ0) is 28.9. The fourth-order valence-electron chi connectivity index (χ4n) is 4.60. The summed E-state index contributed by atoms with van der Waals surface area (Å²) in [4.78, 5) is 53.8. The number of hydrogen-bond acceptors (Lipinski definition) is 9. The summed E-state index contributed by atoms with van der Waals surface area (Å²) < 4.78 is 0. The zero-order valence-corrected chi connectivity index (χ0v) is 26.0. The second kappa shape index (κ2) is 24.6. The number of carbonyl (C=O) groups excluding carboxylic acids is 1. The molecular formula is C26H50GdN6O7. The Hall–Kier alpha value is -0.995. The van der Waals surface area contributed by atoms with Crippen LogP contribution in [0.1, 0.15) is 51.4 Å². The van der Waals surface area contributed by atoms with Crippen molar-refractivity contribution < 1.29 is 74.4 Å². The van der Waals surface area contributed by atoms with E-state index < -0.39 is 17.9 Å². The largest absolute Gasteiger partial charge is 0.480 e. The maximum atomic E-state index is 12.6. The number of carboxylic acids is 3. The van der Waals surface area contributed by atoms with Gasteiger partial charge in [0.15, 0.2) is 0 Å². The van der Waals surface area contributed by atoms with Crippen molar-refractivity contribution in [3.8, 4) is 0 Å². The van der Waals surface area contributed by atoms with Crippen LogP contribution in [0.2, 0.25) is 0 Å². The zero-order valence-electron chi connectivity index (χ0n) is 23.8. The molecule has 0 saturated carbocycles. The van der Waals surface area contributed by atoms with E-state index in [0.717, 1.165) is 32.2 Å². The van der Waals surface area contributed by atoms with E-state index in [9.17, 15) is 34.5 Å². The average Bonchev–Trinajstić information content (AvgIpc) is 2.85. The van der Waals surface area contributed by atoms with Gasteiger partial charge in [-0.3, -0.25) is 38.8 Å². The number of rotatable bonds is 18. The van der Waals surface area contributed by atoms with Crippen LogP contribution in [0.5, 0.6) is 0 Å². The normalized spacial score (nSPS) is 16.8. The predicted molar refractivity (Wildman–Crippen MR) is 148 cm³/mol. The summed E-state index contributed by atoms with van der Waals surface area (Å²) in [5.74, 6) is -3.04. The summed E-state index contributed by atoms with van der Waals surface area (Å²) in [6, 6.07) is 0. The Morgan fingerprint density at radius 2 is 0.825 bits per heavy atom. The number of carboxylic acid groups (broad SMARTS) is 3. The number of nitrogens with zero attached hydrogens (tertiary/aromatic N) is 4. The molecule has 6 N–H and O–H groups in total. The summed E-state index contributed by atoms with van der Waals surface area (Å²) in [5.41, 5.74) is 5.51. The molecule has 1 heterocycles. The molecule has 0 aromatic rings. The minimum atomic E-state index is -0.993. The van der Waals surface area contributed by atoms with E-state index in [2.05, 4.69) is 5.32 Å². The molecule has 0 aromatic carbocycles. The van der Waals surface area contributed by atoms with Gasteiger partial charge in [0, 0.05) is 98.8 Å². The van der Waals surface area contributed by atoms with Gasteiger partial charge in [-0.2, -0.15) is 0 Å². The fraction of sp³-hybridized carbons (Fsp3) is 0.846. The second-order valence-corrected chi connectivity index (χ2v) is 10.3. The van der Waals surface area contributed by atoms with Crippen molar-refractivity contribution >= 4 is 23.8 Å². The Morgan fingerprint density at radius 1 is 0.525 bits per heavy atom. The molecule has 1 aliphatic heterocycles. The van der Waals surface area contributed by atoms with Crippen LogP contribution >= 0.6 is 0 Å². The van der Waals surface area contributed by atoms with Crippen LogP contribution in [0.4, 0.5) is 0 Å². The van der Waals surface area contributed by atoms with Crippen LogP contribution < -0.4 is 11.1 Å². The Labute approximate surface area is 270 Å². The molecule has 1 amide bonds. The van der Waals surface area contributed by atoms with E-state index >= 15 is 0 Å². The third kappa shape index (κ3) is 21.7. The van der Waals surface area contributed by atoms with Gasteiger partial charge in [-0.25, -0.2) is 0 Å². The van der Waals surface area contributed by atoms with Crippen LogP contribution in [0.25, 0.3) is 0 Å². The van der Waals surface area contributed by atoms with Gasteiger partial charge in [0.2, 0.25) is 5.91 Å². The second-order valence-electron chi connectivity index (χ2n) is 10.3. The molecule has 0 radical (unpaired) electrons. The number of unbranched alkanes of at least 4 members (excludes halogenated alkanes) is 7. The Balaban J connectivity index is 0.0000152. The minimum absolute atomic E-state index is 0. The standard InChI is InChI=1S/C26H50N6O7.Gd/c27-9-7-5-3-1-2-4-6-8-10-28-23(33)19-29-11-13-30(20-24(34)35)15-17-32(22-26(38)39)18-16-31(14-12-29)21-25(36)37;/h1-22,27H2,(H,28,33)(H,34,35)(H,36,37)(H,38,39);. The van der Waals surface area contributed by atoms with E-state index in [4.69, 9.17) is 5.73 Å². The first-order chi connectivity index (χ1) is 18.7. The molecule has 0 unspecified atom stereocenters. The first kappa shape index (κ1) is 39.0. The van der Waals surface area contributed by atoms with Gasteiger partial charge in [-0.05, 0) is 19.4 Å². The Bertz CT molecular complexity index is 702. The minimum Gasteiger partial charge on any atom is -0.480 e. The van der Waals surface area contributed by atoms with Gasteiger partial charge in [-0.1, -0.05) is 38.5 Å². The van der Waals surface area contributed by atoms with Crippen molar-refractivity contribution in [3.63, 3.8) is 0 Å². The Morgan fingerprint density at radius 3 is 1.15 bits per heavy atom. The number of aliphatic carboxylic acids is 3. The van der Waals surface area contributed by atoms with Gasteiger partial charge >= 0.3 is 17.9 Å². The number of hydrogen-bond donors (Lipinski definition) is 5. The van der Waals surface area contributed by atoms with Gasteiger partial charge in [0.25, 0.3) is 0 Å². The molecule has 0 spiro atoms. The van der Waals surface area contributed by atoms with Crippen molar-refractivity contribution in [1.29, 1.82) is 0 Å². The van der Waals surface area contributed by atoms with Crippen LogP contribution in [-0.4, -0.2) is 150 Å². The van der Waals surface area contributed by atoms with Crippen molar-refractivity contribution in [1.82, 2.24) is 24.9 Å². The van der Waals surface area contributed by atoms with Gasteiger partial charge in [0.05, 0.1) is 26.2 Å². The van der Waals surface area contributed by atoms with Gasteiger partial charge in [0.1, 0.15) is 0 Å². The number of nitrogens with two attached hydrogens (primary N) is 1. The van der Waals surface area contributed by atoms with E-state index in [-0.39, 0.29) is 72.0 Å². The molecule has 0 atom stereocenters. The summed E-state index contributed by atoms with van der Waals surface area (Å²) in [6.45, 7) is 3.99. The quantitative estimate of drug-likeness (QED) is 0.117. The maximum absolute atomic E-state index is 12.6. The van der Waals surface area contributed by atoms with Crippen molar-refractivity contribution in [3.05, 3.63) is 0 Å². The van der Waals surface area contributed by atoms with E-state index in [0.29, 0.717) is 58.9 Å². The Kier molecular flexibility index (Phi) is 24.0. The maximum Gasteiger partial charge on any atom is 0.317 e. The molecule has 13 nitrogen and oxygen atoms in total. The van der Waals surface area contributed by atoms with Crippen LogP contribution in [0, 0.1) is 39.9 Å². The summed E-state index contributed by atoms with van der Waals surface area (Å²) in [5, 5.41) is 30.9. The summed E-state index contributed by atoms with van der Waals surface area (Å²) in [7, 11) is 0. The monoisotopic (exact) mass is 716 g/mol. The molecule has 14 heteroatoms. The smallest absolute Gasteiger partial charge is 0.317 e. The number of amides is 1. The summed E-state index contributed by atoms with van der Waals surface area (Å²) in [6.07, 6.45) is 9.04. The van der Waals surface area contributed by atoms with Crippen molar-refractivity contribution in [2.45, 2.75) is 51.4 Å². The van der Waals surface area contributed by atoms with Crippen molar-refractivity contribution in [2.75, 3.05) is 91.6 Å². The SMILES string of the molecule is NCCCCCCCCCCNC(=O)CN1CCN(CC(=O)O)CCN(CC(=O)O)CCN(CC(=O)O)CC1.[Gd]. The topological polar surface area (TPSA) is 180 Å². The molecule has 0 bridgehead atoms. The average molecular weight is 716 g/mol. The molecule has 0 aliphatic carbocycles. The summed E-state index contributed by atoms with van der Waals surface area (Å²) >= 11 is 0. The molecule has 1 fully saturated rings. The molecule has 1 aliphatic rings. The number of nitrogens with one attached hydrogen (secondary N) is 1. The van der Waals surface area contributed by atoms with Gasteiger partial charge < -0.3 is 26.4 Å². The first-order valence-corrected chi connectivity index (χ1v) is 14.2. The molecule has 234 valence electrons. The van der Waals surface area contributed by atoms with Gasteiger partial charge in [-0.15, -0.1) is 0 Å². The fourth-order valence-corrected chi connectivity index (χ4v) is 4.60. The van der Waals surface area contributed by atoms with Crippen LogP contribution in [-0.2, 0) is 19.2 Å². The molecule has 1 saturated heterocycles. The van der Waals surface area contributed by atoms with Crippen molar-refractivity contribution in [2.24, 2.45) is 5.73 Å². The molecule has 0 aromatic heterocycles. The van der Waals surface area contributed by atoms with E-state index in [1.165, 1.54) is 25.7 Å². The first-order valence-electron chi connectivity index (χ1n) is 14.2. The van der Waals surface area contributed by atoms with E-state index in [1.54, 1.807) is 14.7 Å². The molecular weight excluding hydrogens is 666 g/mol. The third-order valence-electron chi connectivity index (χ3n) is 6.83. The number of carbonyl (C=O) groups is 4. The van der Waals surface area contributed by atoms with Crippen LogP contribution in [0.15, 0.2) is 0 Å². The molecule has 1 rings (SSSR count). The molecule has 40 heavy (non-hydrogen) atoms. The van der Waals surface area contributed by atoms with Crippen LogP contribution in [0.3, 0.4) is 0 Å². The van der Waals surface area contributed by atoms with E-state index in [1.807, 2.05) is 4.90 Å². The predicted octanol–water partition coefficient (Wildman–Crippen LogP) is -0.342.